The fraction of sp³-hybridized carbons (Fsp3) is 0.562. The number of imidazole rings is 1. The third kappa shape index (κ3) is 3.29. The average Bonchev–Trinajstić information content (AvgIpc) is 3.08. The van der Waals surface area contributed by atoms with Gasteiger partial charge in [-0.15, -0.1) is 0 Å². The molecule has 1 aliphatic rings. The summed E-state index contributed by atoms with van der Waals surface area (Å²) in [5, 5.41) is 6.94. The zero-order chi connectivity index (χ0) is 16.6. The molecular formula is C16H23N5O2. The fourth-order valence-corrected chi connectivity index (χ4v) is 2.90. The van der Waals surface area contributed by atoms with Crippen LogP contribution in [0.5, 0.6) is 0 Å². The molecule has 0 saturated carbocycles. The van der Waals surface area contributed by atoms with E-state index in [9.17, 15) is 4.79 Å². The van der Waals surface area contributed by atoms with Crippen molar-refractivity contribution in [3.8, 4) is 0 Å². The summed E-state index contributed by atoms with van der Waals surface area (Å²) in [6.45, 7) is 10.3. The Morgan fingerprint density at radius 2 is 2.26 bits per heavy atom. The standard InChI is InChI=1S/C16H23N5O2/c1-10(2)17-16(22)14-9-21-6-5-20(12(4)15(21)18-14)8-13-7-11(3)23-19-13/h7,9-10,12H,5-6,8H2,1-4H3,(H,17,22)/t12-/m0/s1. The molecule has 7 nitrogen and oxygen atoms in total. The van der Waals surface area contributed by atoms with Gasteiger partial charge >= 0.3 is 0 Å². The summed E-state index contributed by atoms with van der Waals surface area (Å²) in [4.78, 5) is 19.0. The molecule has 1 atom stereocenters. The molecule has 0 aromatic carbocycles. The van der Waals surface area contributed by atoms with Gasteiger partial charge in [0.15, 0.2) is 0 Å². The fourth-order valence-electron chi connectivity index (χ4n) is 2.90. The molecule has 0 aliphatic carbocycles. The normalized spacial score (nSPS) is 18.2. The number of rotatable bonds is 4. The maximum atomic E-state index is 12.1. The highest BCUT2D eigenvalue weighted by atomic mass is 16.5. The molecular weight excluding hydrogens is 294 g/mol. The minimum absolute atomic E-state index is 0.102. The lowest BCUT2D eigenvalue weighted by Gasteiger charge is -2.32. The number of nitrogens with zero attached hydrogens (tertiary/aromatic N) is 4. The molecule has 0 saturated heterocycles. The van der Waals surface area contributed by atoms with Crippen molar-refractivity contribution < 1.29 is 9.32 Å². The van der Waals surface area contributed by atoms with Gasteiger partial charge in [0.1, 0.15) is 17.3 Å². The highest BCUT2D eigenvalue weighted by Gasteiger charge is 2.28. The zero-order valence-corrected chi connectivity index (χ0v) is 14.0. The van der Waals surface area contributed by atoms with E-state index in [-0.39, 0.29) is 18.0 Å². The molecule has 2 aromatic rings. The molecule has 3 rings (SSSR count). The lowest BCUT2D eigenvalue weighted by atomic mass is 10.2. The summed E-state index contributed by atoms with van der Waals surface area (Å²) in [6.07, 6.45) is 1.85. The highest BCUT2D eigenvalue weighted by molar-refractivity contribution is 5.92. The van der Waals surface area contributed by atoms with Crippen LogP contribution in [0.25, 0.3) is 0 Å². The summed E-state index contributed by atoms with van der Waals surface area (Å²) in [5.41, 5.74) is 1.41. The van der Waals surface area contributed by atoms with Crippen molar-refractivity contribution in [1.82, 2.24) is 24.9 Å². The van der Waals surface area contributed by atoms with Gasteiger partial charge in [0.2, 0.25) is 0 Å². The van der Waals surface area contributed by atoms with E-state index in [1.165, 1.54) is 0 Å². The Kier molecular flexibility index (Phi) is 4.21. The molecule has 1 aliphatic heterocycles. The molecule has 1 N–H and O–H groups in total. The molecule has 1 amide bonds. The van der Waals surface area contributed by atoms with Crippen molar-refractivity contribution in [3.63, 3.8) is 0 Å². The first kappa shape index (κ1) is 15.7. The number of amides is 1. The van der Waals surface area contributed by atoms with Gasteiger partial charge in [0.05, 0.1) is 11.7 Å². The Morgan fingerprint density at radius 3 is 2.91 bits per heavy atom. The average molecular weight is 317 g/mol. The molecule has 0 fully saturated rings. The van der Waals surface area contributed by atoms with Gasteiger partial charge in [0, 0.05) is 37.9 Å². The second-order valence-electron chi connectivity index (χ2n) is 6.38. The third-order valence-electron chi connectivity index (χ3n) is 4.05. The number of carbonyl (C=O) groups excluding carboxylic acids is 1. The van der Waals surface area contributed by atoms with Crippen LogP contribution in [0.3, 0.4) is 0 Å². The van der Waals surface area contributed by atoms with Crippen LogP contribution in [0.15, 0.2) is 16.8 Å². The van der Waals surface area contributed by atoms with Crippen molar-refractivity contribution in [1.29, 1.82) is 0 Å². The van der Waals surface area contributed by atoms with Crippen molar-refractivity contribution in [2.75, 3.05) is 6.54 Å². The summed E-state index contributed by atoms with van der Waals surface area (Å²) in [5.74, 6) is 1.62. The largest absolute Gasteiger partial charge is 0.361 e. The van der Waals surface area contributed by atoms with Gasteiger partial charge < -0.3 is 14.4 Å². The summed E-state index contributed by atoms with van der Waals surface area (Å²) in [7, 11) is 0. The number of nitrogens with one attached hydrogen (secondary N) is 1. The molecule has 0 radical (unpaired) electrons. The van der Waals surface area contributed by atoms with Crippen LogP contribution >= 0.6 is 0 Å². The van der Waals surface area contributed by atoms with Crippen molar-refractivity contribution in [2.24, 2.45) is 0 Å². The maximum absolute atomic E-state index is 12.1. The lowest BCUT2D eigenvalue weighted by Crippen LogP contribution is -2.36. The number of aryl methyl sites for hydroxylation is 1. The molecule has 0 spiro atoms. The second-order valence-corrected chi connectivity index (χ2v) is 6.38. The molecule has 2 aromatic heterocycles. The van der Waals surface area contributed by atoms with Gasteiger partial charge in [-0.1, -0.05) is 5.16 Å². The number of hydrogen-bond acceptors (Lipinski definition) is 5. The van der Waals surface area contributed by atoms with Gasteiger partial charge in [-0.25, -0.2) is 4.98 Å². The monoisotopic (exact) mass is 317 g/mol. The van der Waals surface area contributed by atoms with Crippen LogP contribution < -0.4 is 5.32 Å². The van der Waals surface area contributed by atoms with Gasteiger partial charge in [-0.3, -0.25) is 9.69 Å². The zero-order valence-electron chi connectivity index (χ0n) is 14.0. The first-order valence-corrected chi connectivity index (χ1v) is 7.98. The van der Waals surface area contributed by atoms with Gasteiger partial charge in [0.25, 0.3) is 5.91 Å². The number of carbonyl (C=O) groups is 1. The van der Waals surface area contributed by atoms with E-state index in [1.54, 1.807) is 0 Å². The Balaban J connectivity index is 1.75. The maximum Gasteiger partial charge on any atom is 0.271 e. The van der Waals surface area contributed by atoms with Crippen LogP contribution in [-0.4, -0.2) is 38.1 Å². The molecule has 0 bridgehead atoms. The molecule has 124 valence electrons. The second kappa shape index (κ2) is 6.16. The molecule has 7 heteroatoms. The Bertz CT molecular complexity index is 703. The predicted molar refractivity (Wildman–Crippen MR) is 84.9 cm³/mol. The number of hydrogen-bond donors (Lipinski definition) is 1. The summed E-state index contributed by atoms with van der Waals surface area (Å²) in [6, 6.07) is 2.18. The topological polar surface area (TPSA) is 76.2 Å². The van der Waals surface area contributed by atoms with E-state index >= 15 is 0 Å². The summed E-state index contributed by atoms with van der Waals surface area (Å²) < 4.78 is 7.21. The van der Waals surface area contributed by atoms with Crippen LogP contribution in [0.4, 0.5) is 0 Å². The van der Waals surface area contributed by atoms with E-state index in [0.717, 1.165) is 36.9 Å². The Labute approximate surface area is 135 Å². The van der Waals surface area contributed by atoms with E-state index in [2.05, 4.69) is 31.8 Å². The number of fused-ring (bicyclic) bond motifs is 1. The van der Waals surface area contributed by atoms with Crippen molar-refractivity contribution in [2.45, 2.75) is 52.9 Å². The highest BCUT2D eigenvalue weighted by Crippen LogP contribution is 2.26. The first-order chi connectivity index (χ1) is 10.9. The van der Waals surface area contributed by atoms with E-state index in [0.29, 0.717) is 5.69 Å². The Hall–Kier alpha value is -2.15. The van der Waals surface area contributed by atoms with Gasteiger partial charge in [-0.2, -0.15) is 0 Å². The molecule has 3 heterocycles. The lowest BCUT2D eigenvalue weighted by molar-refractivity contribution is 0.0938. The van der Waals surface area contributed by atoms with E-state index in [4.69, 9.17) is 4.52 Å². The van der Waals surface area contributed by atoms with Crippen molar-refractivity contribution in [3.05, 3.63) is 35.2 Å². The van der Waals surface area contributed by atoms with Crippen LogP contribution in [0.2, 0.25) is 0 Å². The first-order valence-electron chi connectivity index (χ1n) is 7.98. The quantitative estimate of drug-likeness (QED) is 0.932. The third-order valence-corrected chi connectivity index (χ3v) is 4.05. The minimum atomic E-state index is -0.118. The minimum Gasteiger partial charge on any atom is -0.361 e. The van der Waals surface area contributed by atoms with E-state index in [1.807, 2.05) is 33.0 Å². The van der Waals surface area contributed by atoms with E-state index < -0.39 is 0 Å². The van der Waals surface area contributed by atoms with Crippen LogP contribution in [0.1, 0.15) is 54.6 Å². The number of aromatic nitrogens is 3. The van der Waals surface area contributed by atoms with Crippen LogP contribution in [-0.2, 0) is 13.1 Å². The summed E-state index contributed by atoms with van der Waals surface area (Å²) >= 11 is 0. The van der Waals surface area contributed by atoms with Gasteiger partial charge in [-0.05, 0) is 27.7 Å². The smallest absolute Gasteiger partial charge is 0.271 e. The molecule has 0 unspecified atom stereocenters. The molecule has 23 heavy (non-hydrogen) atoms. The SMILES string of the molecule is Cc1cc(CN2CCn3cc(C(=O)NC(C)C)nc3[C@@H]2C)no1. The van der Waals surface area contributed by atoms with Crippen LogP contribution in [0, 0.1) is 6.92 Å². The Morgan fingerprint density at radius 1 is 1.48 bits per heavy atom. The predicted octanol–water partition coefficient (Wildman–Crippen LogP) is 1.89. The van der Waals surface area contributed by atoms with Crippen molar-refractivity contribution >= 4 is 5.91 Å².